The van der Waals surface area contributed by atoms with Crippen LogP contribution < -0.4 is 24.5 Å². The van der Waals surface area contributed by atoms with E-state index in [9.17, 15) is 24.0 Å². The van der Waals surface area contributed by atoms with Crippen LogP contribution in [0, 0.1) is 97.0 Å². The minimum Gasteiger partial charge on any atom is -0.354 e. The first kappa shape index (κ1) is 52.0. The van der Waals surface area contributed by atoms with Crippen LogP contribution in [0.2, 0.25) is 0 Å². The average Bonchev–Trinajstić information content (AvgIpc) is 1.24. The summed E-state index contributed by atoms with van der Waals surface area (Å²) in [6, 6.07) is -6.85. The van der Waals surface area contributed by atoms with E-state index in [1.807, 2.05) is 6.92 Å². The molecule has 0 unspecified atom stereocenters. The van der Waals surface area contributed by atoms with Crippen LogP contribution in [-0.4, -0.2) is 292 Å². The SMILES string of the molecule is [2H]c1c(C)[nH]c2ncnc(N(C)[C@@]3([2H])CN(C(=O)C([2H])([2H])[N+]#[C-])CC[C@@]3([2H])C([2H])([2H])[2H])c12.[2H]c1c(C)[nH]c2ncnc(N(C)[C@@]3([2H])CN(C(=O)C([2H])([2H])[N+]#[C-])CC[C@@]3([2H])C)c12.[2H]c1c(C)[nH]c2ncnc(N([C@H]3CN(C(=O)C([2H])([2H])[N+]#[C-])CC[C@@]3([2H])C)C([2H])([2H])[2H])c12.[2H]c1c(C)[nH]c2ncnc(N([C@H]3CN(C(=O)C([2H])([2H])[N+]#[C-])CC[C@H]3C([2H])([2H])[2H])C([2H])([2H])[2H])c12.[2H]c1c(C)[nH]c2ncnc(N([C@H]3CN(C(=O)C([2H])([2H])[N+]#[C-])CC[C@H]3C)C([2H])([2H])[2H])c12. The van der Waals surface area contributed by atoms with E-state index in [4.69, 9.17) is 80.8 Å². The Kier molecular flexibility index (Phi) is 17.1. The number of H-pyrrole nitrogens is 5. The first-order chi connectivity index (χ1) is 71.1. The number of likely N-dealkylation sites (tertiary alicyclic amines) is 5. The van der Waals surface area contributed by atoms with Gasteiger partial charge in [-0.25, -0.2) is 82.7 Å². The van der Waals surface area contributed by atoms with Crippen LogP contribution in [0.25, 0.3) is 79.4 Å². The summed E-state index contributed by atoms with van der Waals surface area (Å²) in [7, 11) is 2.92. The third-order valence-corrected chi connectivity index (χ3v) is 20.7. The van der Waals surface area contributed by atoms with E-state index in [2.05, 4.69) is 99.0 Å². The molecule has 120 heavy (non-hydrogen) atoms. The highest BCUT2D eigenvalue weighted by molar-refractivity contribution is 5.92. The molecule has 0 bridgehead atoms. The Morgan fingerprint density at radius 1 is 0.383 bits per heavy atom. The number of rotatable bonds is 15. The molecular weight excluding hydrogens is 1520 g/mol. The molecule has 0 aliphatic carbocycles. The molecule has 15 heterocycles. The number of hydrogen-bond donors (Lipinski definition) is 5. The van der Waals surface area contributed by atoms with E-state index in [1.165, 1.54) is 35.8 Å². The largest absolute Gasteiger partial charge is 0.354 e. The highest BCUT2D eigenvalue weighted by Gasteiger charge is 2.39. The Balaban J connectivity index is 0.000000183. The number of hydrogen-bond acceptors (Lipinski definition) is 20. The number of carbonyl (C=O) groups is 5. The maximum Gasteiger partial charge on any atom is 0.302 e. The number of carbonyl (C=O) groups excluding carboxylic acids is 5. The zero-order valence-electron chi connectivity index (χ0n) is 102. The van der Waals surface area contributed by atoms with E-state index in [1.54, 1.807) is 55.5 Å². The van der Waals surface area contributed by atoms with Crippen LogP contribution in [0.15, 0.2) is 61.8 Å². The molecule has 5 fully saturated rings. The van der Waals surface area contributed by atoms with Crippen LogP contribution in [0.5, 0.6) is 0 Å². The number of likely N-dealkylation sites (N-methyl/N-ethyl adjacent to an activating group) is 5. The molecule has 5 aliphatic heterocycles. The van der Waals surface area contributed by atoms with Crippen molar-refractivity contribution < 1.29 is 71.9 Å². The van der Waals surface area contributed by atoms with Crippen molar-refractivity contribution in [2.75, 3.05) is 157 Å². The van der Waals surface area contributed by atoms with E-state index in [0.717, 1.165) is 51.9 Å². The van der Waals surface area contributed by atoms with Gasteiger partial charge in [0.05, 0.1) is 66.7 Å². The van der Waals surface area contributed by atoms with Crippen molar-refractivity contribution in [2.45, 2.75) is 131 Å². The molecule has 5 saturated heterocycles. The van der Waals surface area contributed by atoms with E-state index >= 15 is 0 Å². The third kappa shape index (κ3) is 20.2. The summed E-state index contributed by atoms with van der Waals surface area (Å²) in [5.41, 5.74) is 4.04. The van der Waals surface area contributed by atoms with E-state index < -0.39 is 170 Å². The summed E-state index contributed by atoms with van der Waals surface area (Å²) in [4.78, 5) is 143. The van der Waals surface area contributed by atoms with Crippen molar-refractivity contribution in [3.63, 3.8) is 0 Å². The van der Waals surface area contributed by atoms with E-state index in [0.29, 0.717) is 57.2 Å². The average molecular weight is 1670 g/mol. The van der Waals surface area contributed by atoms with Crippen molar-refractivity contribution in [1.29, 1.82) is 0 Å². The van der Waals surface area contributed by atoms with Crippen molar-refractivity contribution in [1.82, 2.24) is 99.3 Å². The van der Waals surface area contributed by atoms with Crippen molar-refractivity contribution in [2.24, 2.45) is 29.5 Å². The summed E-state index contributed by atoms with van der Waals surface area (Å²) in [5.74, 6) is -11.7. The summed E-state index contributed by atoms with van der Waals surface area (Å²) >= 11 is 0. The monoisotopic (exact) mass is 1670 g/mol. The molecule has 5 aliphatic rings. The van der Waals surface area contributed by atoms with Gasteiger partial charge < -0.3 is 98.1 Å². The normalized spacial score (nSPS) is 29.3. The lowest BCUT2D eigenvalue weighted by atomic mass is 9.92. The minimum atomic E-state index is -2.93. The standard InChI is InChI=1S/5C17H22N6O/c5*1-11-5-6-23(15(24)8-18-3)9-14(11)22(4)17-13-7-12(2)21-16(13)19-10-20-17/h5*7,10-11,14H,5-6,8-9H2,1-2,4H3,(H,19,20,21)/t5*11-,14+/m11111/s1/i1D3,7D,8D2,11D,14D;7D,8D2,11D,14D;4D3,7D,8D2,11D;1D3,4D3,7D,8D2;4D3,7D,8D2. The van der Waals surface area contributed by atoms with Crippen LogP contribution in [0.4, 0.5) is 29.1 Å². The van der Waals surface area contributed by atoms with Gasteiger partial charge in [0.15, 0.2) is 0 Å². The minimum absolute atomic E-state index is 0.0192. The number of aryl methyl sites for hydroxylation is 5. The highest BCUT2D eigenvalue weighted by atomic mass is 16.2. The lowest BCUT2D eigenvalue weighted by molar-refractivity contribution is -0.131. The second kappa shape index (κ2) is 39.4. The quantitative estimate of drug-likeness (QED) is 0.0597. The predicted octanol–water partition coefficient (Wildman–Crippen LogP) is 9.29. The maximum atomic E-state index is 12.6. The molecule has 0 radical (unpaired) electrons. The molecule has 5 amide bonds. The molecule has 0 saturated carbocycles. The van der Waals surface area contributed by atoms with Gasteiger partial charge in [-0.3, -0.25) is 24.0 Å². The van der Waals surface area contributed by atoms with Gasteiger partial charge in [0.2, 0.25) is 0 Å². The second-order valence-corrected chi connectivity index (χ2v) is 28.6. The Morgan fingerprint density at radius 2 is 0.642 bits per heavy atom. The fraction of sp³-hybridized carbons (Fsp3) is 0.529. The summed E-state index contributed by atoms with van der Waals surface area (Å²) in [6.45, 7) is 18.4. The van der Waals surface area contributed by atoms with Gasteiger partial charge in [-0.15, -0.1) is 0 Å². The predicted molar refractivity (Wildman–Crippen MR) is 463 cm³/mol. The Bertz CT molecular complexity index is 7250. The van der Waals surface area contributed by atoms with E-state index in [-0.39, 0.29) is 170 Å². The number of piperidine rings is 5. The number of nitrogens with one attached hydrogen (secondary N) is 5. The maximum absolute atomic E-state index is 12.6. The van der Waals surface area contributed by atoms with Crippen molar-refractivity contribution >= 4 is 114 Å². The Labute approximate surface area is 749 Å². The lowest BCUT2D eigenvalue weighted by Gasteiger charge is -2.41. The fourth-order valence-corrected chi connectivity index (χ4v) is 14.3. The van der Waals surface area contributed by atoms with Gasteiger partial charge in [0.25, 0.3) is 32.5 Å². The molecule has 5 N–H and O–H groups in total. The second-order valence-electron chi connectivity index (χ2n) is 28.6. The third-order valence-electron chi connectivity index (χ3n) is 20.7. The van der Waals surface area contributed by atoms with Gasteiger partial charge in [-0.05, 0) is 126 Å². The van der Waals surface area contributed by atoms with Gasteiger partial charge in [0.1, 0.15) is 103 Å². The van der Waals surface area contributed by atoms with Gasteiger partial charge in [-0.1, -0.05) is 34.5 Å². The number of anilines is 5. The molecule has 0 spiro atoms. The molecule has 35 nitrogen and oxygen atoms in total. The smallest absolute Gasteiger partial charge is 0.302 e. The number of fused-ring (bicyclic) bond motifs is 5. The molecule has 10 aromatic heterocycles. The molecule has 0 aromatic carbocycles. The Morgan fingerprint density at radius 3 is 0.950 bits per heavy atom. The van der Waals surface area contributed by atoms with Crippen LogP contribution in [0.1, 0.15) is 143 Å². The lowest BCUT2D eigenvalue weighted by Crippen LogP contribution is -2.53. The summed E-state index contributed by atoms with van der Waals surface area (Å²) in [6.07, 6.45) is 6.00. The van der Waals surface area contributed by atoms with Gasteiger partial charge in [-0.2, -0.15) is 0 Å². The molecule has 10 aromatic rings. The van der Waals surface area contributed by atoms with Crippen molar-refractivity contribution in [3.05, 3.63) is 147 Å². The number of nitrogens with zero attached hydrogens (tertiary/aromatic N) is 25. The first-order valence-corrected chi connectivity index (χ1v) is 37.4. The molecule has 10 atom stereocenters. The molecule has 35 heteroatoms. The zero-order chi connectivity index (χ0) is 117. The molecule has 15 rings (SSSR count). The first-order valence-electron chi connectivity index (χ1n) is 54.9. The summed E-state index contributed by atoms with van der Waals surface area (Å²) < 4.78 is 284. The number of aromatic nitrogens is 15. The van der Waals surface area contributed by atoms with Crippen LogP contribution in [-0.2, 0) is 24.0 Å². The van der Waals surface area contributed by atoms with Gasteiger partial charge in [0, 0.05) is 154 Å². The number of aromatic amines is 5. The molecule has 630 valence electrons. The van der Waals surface area contributed by atoms with Gasteiger partial charge >= 0.3 is 29.5 Å². The topological polar surface area (TPSA) is 347 Å². The number of amides is 5. The molecular formula is C85H110N30O5. The van der Waals surface area contributed by atoms with Crippen molar-refractivity contribution in [3.8, 4) is 0 Å². The summed E-state index contributed by atoms with van der Waals surface area (Å²) in [5, 5.41) is 1.20. The van der Waals surface area contributed by atoms with Crippen LogP contribution >= 0.6 is 0 Å². The fourth-order valence-electron chi connectivity index (χ4n) is 14.3. The van der Waals surface area contributed by atoms with Crippen LogP contribution in [0.3, 0.4) is 0 Å². The highest BCUT2D eigenvalue weighted by Crippen LogP contribution is 2.36. The zero-order valence-corrected chi connectivity index (χ0v) is 67.1. The Hall–Kier alpha value is -13.1.